The first-order valence-corrected chi connectivity index (χ1v) is 23.5. The van der Waals surface area contributed by atoms with Gasteiger partial charge in [-0.2, -0.15) is 5.10 Å². The lowest BCUT2D eigenvalue weighted by atomic mass is 9.57. The number of carboxylic acid groups (broad SMARTS) is 2. The SMILES string of the molecule is CC(C)(C)C#Cc1nc(-c2c[nH]c3ncc(F)cc23)nc(CC2C3CCC(CC3)C2C(=O)O)c1F.O=C(O)C1C2CCC(CC2)C1Cc1nc(-c2c[nH]c3ncc(F)cc23)nc(-c2ccn[nH]2)c1F. The zero-order chi connectivity index (χ0) is 48.3. The van der Waals surface area contributed by atoms with Crippen LogP contribution in [0, 0.1) is 87.9 Å². The number of carbonyl (C=O) groups is 2. The van der Waals surface area contributed by atoms with E-state index in [1.807, 2.05) is 20.8 Å². The number of hydrogen-bond acceptors (Lipinski definition) is 9. The van der Waals surface area contributed by atoms with E-state index in [4.69, 9.17) is 0 Å². The summed E-state index contributed by atoms with van der Waals surface area (Å²) < 4.78 is 59.3. The average Bonchev–Trinajstić information content (AvgIpc) is 4.11. The molecule has 0 spiro atoms. The van der Waals surface area contributed by atoms with Gasteiger partial charge < -0.3 is 20.2 Å². The minimum Gasteiger partial charge on any atom is -0.481 e. The molecular formula is C51H50F4N10O4. The third kappa shape index (κ3) is 8.94. The van der Waals surface area contributed by atoms with Crippen LogP contribution < -0.4 is 0 Å². The van der Waals surface area contributed by atoms with Gasteiger partial charge in [0.2, 0.25) is 0 Å². The fourth-order valence-electron chi connectivity index (χ4n) is 11.7. The molecule has 13 rings (SSSR count). The fraction of sp³-hybridized carbons (Fsp3) is 0.431. The van der Waals surface area contributed by atoms with Crippen molar-refractivity contribution in [2.75, 3.05) is 0 Å². The van der Waals surface area contributed by atoms with E-state index in [9.17, 15) is 28.6 Å². The number of H-pyrrole nitrogens is 3. The summed E-state index contributed by atoms with van der Waals surface area (Å²) in [6, 6.07) is 4.27. The van der Waals surface area contributed by atoms with Crippen molar-refractivity contribution >= 4 is 34.0 Å². The lowest BCUT2D eigenvalue weighted by Crippen LogP contribution is -2.45. The summed E-state index contributed by atoms with van der Waals surface area (Å²) in [7, 11) is 0. The highest BCUT2D eigenvalue weighted by Gasteiger charge is 2.49. The largest absolute Gasteiger partial charge is 0.481 e. The molecule has 6 saturated carbocycles. The van der Waals surface area contributed by atoms with E-state index in [-0.39, 0.29) is 88.2 Å². The van der Waals surface area contributed by atoms with E-state index in [2.05, 4.69) is 61.9 Å². The van der Waals surface area contributed by atoms with Crippen LogP contribution in [0.25, 0.3) is 56.2 Å². The molecule has 18 heteroatoms. The van der Waals surface area contributed by atoms with Crippen molar-refractivity contribution in [2.24, 2.45) is 52.8 Å². The molecule has 6 aliphatic carbocycles. The molecule has 4 atom stereocenters. The minimum absolute atomic E-state index is 0.0357. The Morgan fingerprint density at radius 3 is 1.62 bits per heavy atom. The van der Waals surface area contributed by atoms with Crippen LogP contribution in [0.15, 0.2) is 49.2 Å². The third-order valence-corrected chi connectivity index (χ3v) is 14.8. The quantitative estimate of drug-likeness (QED) is 0.0679. The molecule has 0 radical (unpaired) electrons. The van der Waals surface area contributed by atoms with Gasteiger partial charge in [0.25, 0.3) is 0 Å². The summed E-state index contributed by atoms with van der Waals surface area (Å²) in [6.07, 6.45) is 14.8. The maximum Gasteiger partial charge on any atom is 0.307 e. The predicted octanol–water partition coefficient (Wildman–Crippen LogP) is 9.74. The van der Waals surface area contributed by atoms with E-state index in [1.54, 1.807) is 18.5 Å². The lowest BCUT2D eigenvalue weighted by Gasteiger charge is -2.46. The highest BCUT2D eigenvalue weighted by molar-refractivity contribution is 5.92. The number of nitrogens with one attached hydrogen (secondary N) is 3. The number of aromatic amines is 3. The molecule has 0 saturated heterocycles. The molecule has 0 aromatic carbocycles. The van der Waals surface area contributed by atoms with Crippen molar-refractivity contribution in [3.8, 4) is 46.0 Å². The van der Waals surface area contributed by atoms with Crippen LogP contribution in [0.1, 0.15) is 89.2 Å². The van der Waals surface area contributed by atoms with Gasteiger partial charge in [0.15, 0.2) is 29.0 Å². The highest BCUT2D eigenvalue weighted by Crippen LogP contribution is 2.51. The van der Waals surface area contributed by atoms with Crippen LogP contribution in [0.3, 0.4) is 0 Å². The van der Waals surface area contributed by atoms with Crippen LogP contribution in [-0.2, 0) is 22.4 Å². The summed E-state index contributed by atoms with van der Waals surface area (Å²) in [5.41, 5.74) is 2.26. The Balaban J connectivity index is 0.000000160. The number of aliphatic carboxylic acids is 2. The molecular weight excluding hydrogens is 893 g/mol. The molecule has 6 fully saturated rings. The molecule has 7 aromatic rings. The van der Waals surface area contributed by atoms with Crippen LogP contribution in [0.4, 0.5) is 17.6 Å². The van der Waals surface area contributed by atoms with Gasteiger partial charge in [0.05, 0.1) is 41.3 Å². The minimum atomic E-state index is -0.818. The molecule has 0 amide bonds. The molecule has 5 N–H and O–H groups in total. The van der Waals surface area contributed by atoms with E-state index in [0.29, 0.717) is 38.9 Å². The Bertz CT molecular complexity index is 3160. The summed E-state index contributed by atoms with van der Waals surface area (Å²) in [6.45, 7) is 5.77. The monoisotopic (exact) mass is 942 g/mol. The Hall–Kier alpha value is -7.03. The molecule has 0 aliphatic heterocycles. The van der Waals surface area contributed by atoms with Gasteiger partial charge in [0, 0.05) is 45.9 Å². The smallest absolute Gasteiger partial charge is 0.307 e. The second kappa shape index (κ2) is 18.1. The van der Waals surface area contributed by atoms with Crippen molar-refractivity contribution in [1.29, 1.82) is 0 Å². The standard InChI is InChI=1S/C27H28F2N4O2.C24H22F2N6O2/c1-27(2,3)9-8-20-23(29)21(11-17-14-4-6-15(7-5-14)22(17)26(34)35)33-25(32-20)19-13-31-24-18(19)10-16(28)12-30-24;25-13-7-15-16(10-28-22(15)27-9-13)23-30-18(20(26)21(31-23)17-5-6-29-32-17)8-14-11-1-3-12(4-2-11)19(14)24(33)34/h10,12-15,17,22H,4-7,11H2,1-3H3,(H,30,31)(H,34,35);5-7,9-12,14,19H,1-4,8H2,(H,27,28)(H,29,32)(H,33,34). The number of carboxylic acids is 2. The summed E-state index contributed by atoms with van der Waals surface area (Å²) in [4.78, 5) is 56.3. The number of hydrogen-bond donors (Lipinski definition) is 5. The second-order valence-corrected chi connectivity index (χ2v) is 20.1. The van der Waals surface area contributed by atoms with E-state index >= 15 is 8.78 Å². The van der Waals surface area contributed by atoms with Gasteiger partial charge in [-0.1, -0.05) is 5.92 Å². The van der Waals surface area contributed by atoms with Crippen molar-refractivity contribution in [3.63, 3.8) is 0 Å². The summed E-state index contributed by atoms with van der Waals surface area (Å²) >= 11 is 0. The average molecular weight is 943 g/mol. The summed E-state index contributed by atoms with van der Waals surface area (Å²) in [5.74, 6) is 1.77. The first kappa shape index (κ1) is 45.7. The molecule has 6 aliphatic rings. The molecule has 7 heterocycles. The lowest BCUT2D eigenvalue weighted by molar-refractivity contribution is -0.153. The number of aromatic nitrogens is 10. The number of nitrogens with zero attached hydrogens (tertiary/aromatic N) is 7. The van der Waals surface area contributed by atoms with Crippen molar-refractivity contribution in [2.45, 2.75) is 85.0 Å². The molecule has 69 heavy (non-hydrogen) atoms. The van der Waals surface area contributed by atoms with Crippen LogP contribution in [-0.4, -0.2) is 72.2 Å². The molecule has 356 valence electrons. The van der Waals surface area contributed by atoms with Gasteiger partial charge in [0.1, 0.15) is 28.6 Å². The van der Waals surface area contributed by atoms with Gasteiger partial charge in [-0.15, -0.1) is 0 Å². The normalized spacial score (nSPS) is 23.9. The van der Waals surface area contributed by atoms with Crippen LogP contribution >= 0.6 is 0 Å². The maximum absolute atomic E-state index is 15.8. The zero-order valence-electron chi connectivity index (χ0n) is 38.2. The van der Waals surface area contributed by atoms with E-state index in [0.717, 1.165) is 63.8 Å². The molecule has 4 unspecified atom stereocenters. The molecule has 4 bridgehead atoms. The van der Waals surface area contributed by atoms with Crippen LogP contribution in [0.2, 0.25) is 0 Å². The molecule has 14 nitrogen and oxygen atoms in total. The Kier molecular flexibility index (Phi) is 12.0. The van der Waals surface area contributed by atoms with Gasteiger partial charge >= 0.3 is 11.9 Å². The number of rotatable bonds is 9. The molecule has 7 aromatic heterocycles. The fourth-order valence-corrected chi connectivity index (χ4v) is 11.7. The first-order valence-electron chi connectivity index (χ1n) is 23.5. The number of halogens is 4. The topological polar surface area (TPSA) is 212 Å². The van der Waals surface area contributed by atoms with Crippen molar-refractivity contribution in [1.82, 2.24) is 50.1 Å². The van der Waals surface area contributed by atoms with Crippen LogP contribution in [0.5, 0.6) is 0 Å². The Morgan fingerprint density at radius 2 is 1.16 bits per heavy atom. The summed E-state index contributed by atoms with van der Waals surface area (Å²) in [5, 5.41) is 27.5. The maximum atomic E-state index is 15.8. The number of pyridine rings is 2. The van der Waals surface area contributed by atoms with Gasteiger partial charge in [-0.3, -0.25) is 14.7 Å². The van der Waals surface area contributed by atoms with Crippen molar-refractivity contribution in [3.05, 3.63) is 89.5 Å². The highest BCUT2D eigenvalue weighted by atomic mass is 19.1. The van der Waals surface area contributed by atoms with Gasteiger partial charge in [-0.25, -0.2) is 47.5 Å². The second-order valence-electron chi connectivity index (χ2n) is 20.1. The van der Waals surface area contributed by atoms with Crippen molar-refractivity contribution < 1.29 is 37.4 Å². The van der Waals surface area contributed by atoms with E-state index < -0.39 is 47.0 Å². The Labute approximate surface area is 393 Å². The number of fused-ring (bicyclic) bond motifs is 8. The van der Waals surface area contributed by atoms with E-state index in [1.165, 1.54) is 18.3 Å². The zero-order valence-corrected chi connectivity index (χ0v) is 38.2. The van der Waals surface area contributed by atoms with Gasteiger partial charge in [-0.05, 0) is 145 Å². The Morgan fingerprint density at radius 1 is 0.681 bits per heavy atom. The third-order valence-electron chi connectivity index (χ3n) is 14.8. The predicted molar refractivity (Wildman–Crippen MR) is 246 cm³/mol. The first-order chi connectivity index (χ1) is 33.1.